The second-order valence-electron chi connectivity index (χ2n) is 9.42. The zero-order chi connectivity index (χ0) is 21.6. The molecule has 0 spiro atoms. The fraction of sp³-hybridized carbons (Fsp3) is 0.522. The number of nitrogens with one attached hydrogen (secondary N) is 1. The van der Waals surface area contributed by atoms with Crippen LogP contribution < -0.4 is 10.9 Å². The Kier molecular flexibility index (Phi) is 5.39. The van der Waals surface area contributed by atoms with E-state index < -0.39 is 5.41 Å². The molecule has 0 saturated heterocycles. The maximum Gasteiger partial charge on any atom is 0.264 e. The van der Waals surface area contributed by atoms with Gasteiger partial charge in [-0.1, -0.05) is 50.0 Å². The molecule has 0 aliphatic heterocycles. The van der Waals surface area contributed by atoms with Gasteiger partial charge in [0.05, 0.1) is 10.5 Å². The van der Waals surface area contributed by atoms with Gasteiger partial charge in [-0.25, -0.2) is 0 Å². The lowest BCUT2D eigenvalue weighted by Gasteiger charge is -2.32. The Bertz CT molecular complexity index is 1170. The van der Waals surface area contributed by atoms with Crippen molar-refractivity contribution >= 4 is 39.3 Å². The lowest BCUT2D eigenvalue weighted by atomic mass is 9.84. The maximum atomic E-state index is 13.5. The van der Waals surface area contributed by atoms with Gasteiger partial charge < -0.3 is 14.4 Å². The minimum atomic E-state index is -0.408. The predicted octanol–water partition coefficient (Wildman–Crippen LogP) is 5.00. The molecular weight excluding hydrogens is 402 g/mol. The van der Waals surface area contributed by atoms with Gasteiger partial charge in [-0.05, 0) is 44.2 Å². The van der Waals surface area contributed by atoms with E-state index in [4.69, 9.17) is 16.1 Å². The molecule has 1 fully saturated rings. The average molecular weight is 430 g/mol. The molecule has 6 nitrogen and oxygen atoms in total. The first-order valence-electron chi connectivity index (χ1n) is 10.6. The van der Waals surface area contributed by atoms with Crippen LogP contribution in [-0.4, -0.2) is 22.2 Å². The highest BCUT2D eigenvalue weighted by atomic mass is 35.5. The van der Waals surface area contributed by atoms with Crippen molar-refractivity contribution in [1.29, 1.82) is 0 Å². The third kappa shape index (κ3) is 3.62. The van der Waals surface area contributed by atoms with E-state index in [1.54, 1.807) is 6.92 Å². The van der Waals surface area contributed by atoms with Gasteiger partial charge >= 0.3 is 0 Å². The maximum absolute atomic E-state index is 13.5. The number of benzene rings is 1. The zero-order valence-electron chi connectivity index (χ0n) is 17.9. The van der Waals surface area contributed by atoms with E-state index in [-0.39, 0.29) is 17.5 Å². The number of aromatic nitrogens is 2. The molecule has 0 bridgehead atoms. The van der Waals surface area contributed by atoms with Crippen LogP contribution in [0.25, 0.3) is 21.8 Å². The largest absolute Gasteiger partial charge is 0.360 e. The number of hydrogen-bond donors (Lipinski definition) is 1. The van der Waals surface area contributed by atoms with Crippen LogP contribution in [0.1, 0.15) is 58.3 Å². The molecule has 2 atom stereocenters. The Balaban J connectivity index is 1.73. The predicted molar refractivity (Wildman–Crippen MR) is 119 cm³/mol. The number of halogens is 1. The number of carbonyl (C=O) groups excluding carboxylic acids is 1. The normalized spacial score (nSPS) is 20.0. The first-order chi connectivity index (χ1) is 14.2. The number of fused-ring (bicyclic) bond motifs is 3. The Morgan fingerprint density at radius 2 is 2.07 bits per heavy atom. The molecule has 1 saturated carbocycles. The summed E-state index contributed by atoms with van der Waals surface area (Å²) in [5, 5.41) is 9.02. The average Bonchev–Trinajstić information content (AvgIpc) is 3.07. The smallest absolute Gasteiger partial charge is 0.264 e. The molecule has 1 N–H and O–H groups in total. The van der Waals surface area contributed by atoms with E-state index in [0.717, 1.165) is 36.6 Å². The standard InChI is InChI=1S/C23H28ClN3O3/c1-13-18-20(26-30-13)19-16(24)9-6-10-17(19)27(21(18)28)15-8-5-7-14(11-15)12-25-22(29)23(2,3)4/h6,9-10,14-15H,5,7-8,11-12H2,1-4H3,(H,25,29)/t14-,15+/m1/s1. The lowest BCUT2D eigenvalue weighted by Crippen LogP contribution is -2.39. The summed E-state index contributed by atoms with van der Waals surface area (Å²) in [4.78, 5) is 25.8. The van der Waals surface area contributed by atoms with Gasteiger partial charge in [0.2, 0.25) is 5.91 Å². The minimum absolute atomic E-state index is 0.0439. The van der Waals surface area contributed by atoms with E-state index >= 15 is 0 Å². The van der Waals surface area contributed by atoms with Crippen LogP contribution in [0.15, 0.2) is 27.5 Å². The fourth-order valence-electron chi connectivity index (χ4n) is 4.52. The van der Waals surface area contributed by atoms with Crippen molar-refractivity contribution in [2.24, 2.45) is 11.3 Å². The van der Waals surface area contributed by atoms with E-state index in [1.165, 1.54) is 0 Å². The molecule has 2 aromatic heterocycles. The van der Waals surface area contributed by atoms with Crippen LogP contribution in [0.4, 0.5) is 0 Å². The summed E-state index contributed by atoms with van der Waals surface area (Å²) in [5.74, 6) is 0.895. The van der Waals surface area contributed by atoms with Crippen LogP contribution in [0.2, 0.25) is 5.02 Å². The number of hydrogen-bond acceptors (Lipinski definition) is 4. The summed E-state index contributed by atoms with van der Waals surface area (Å²) in [5.41, 5.74) is 0.828. The molecule has 1 amide bonds. The van der Waals surface area contributed by atoms with Crippen molar-refractivity contribution < 1.29 is 9.32 Å². The van der Waals surface area contributed by atoms with Gasteiger partial charge in [-0.15, -0.1) is 0 Å². The summed E-state index contributed by atoms with van der Waals surface area (Å²) in [6.45, 7) is 8.14. The fourth-order valence-corrected chi connectivity index (χ4v) is 4.78. The van der Waals surface area contributed by atoms with Crippen molar-refractivity contribution in [1.82, 2.24) is 15.0 Å². The summed E-state index contributed by atoms with van der Waals surface area (Å²) in [7, 11) is 0. The molecule has 30 heavy (non-hydrogen) atoms. The van der Waals surface area contributed by atoms with Gasteiger partial charge in [-0.2, -0.15) is 0 Å². The van der Waals surface area contributed by atoms with Gasteiger partial charge in [0.25, 0.3) is 5.56 Å². The number of pyridine rings is 1. The molecular formula is C23H28ClN3O3. The van der Waals surface area contributed by atoms with Gasteiger partial charge in [0.15, 0.2) is 0 Å². The van der Waals surface area contributed by atoms with Gasteiger partial charge in [0.1, 0.15) is 16.7 Å². The van der Waals surface area contributed by atoms with E-state index in [0.29, 0.717) is 34.1 Å². The molecule has 0 unspecified atom stereocenters. The molecule has 1 aliphatic carbocycles. The molecule has 3 aromatic rings. The quantitative estimate of drug-likeness (QED) is 0.635. The lowest BCUT2D eigenvalue weighted by molar-refractivity contribution is -0.128. The second kappa shape index (κ2) is 7.73. The Morgan fingerprint density at radius 3 is 2.80 bits per heavy atom. The summed E-state index contributed by atoms with van der Waals surface area (Å²) < 4.78 is 7.23. The van der Waals surface area contributed by atoms with Crippen molar-refractivity contribution in [3.63, 3.8) is 0 Å². The second-order valence-corrected chi connectivity index (χ2v) is 9.83. The highest BCUT2D eigenvalue weighted by Crippen LogP contribution is 2.37. The SMILES string of the molecule is Cc1onc2c1c(=O)n([C@H]1CCC[C@@H](CNC(=O)C(C)(C)C)C1)c1cccc(Cl)c21. The van der Waals surface area contributed by atoms with Gasteiger partial charge in [-0.3, -0.25) is 9.59 Å². The molecule has 1 aromatic carbocycles. The van der Waals surface area contributed by atoms with E-state index in [1.807, 2.05) is 43.5 Å². The van der Waals surface area contributed by atoms with E-state index in [9.17, 15) is 9.59 Å². The Labute approximate surface area is 180 Å². The third-order valence-electron chi connectivity index (χ3n) is 6.14. The summed E-state index contributed by atoms with van der Waals surface area (Å²) >= 11 is 6.52. The van der Waals surface area contributed by atoms with Crippen molar-refractivity contribution in [3.05, 3.63) is 39.3 Å². The van der Waals surface area contributed by atoms with Crippen molar-refractivity contribution in [2.45, 2.75) is 59.4 Å². The molecule has 2 heterocycles. The van der Waals surface area contributed by atoms with Gasteiger partial charge in [0, 0.05) is 23.4 Å². The van der Waals surface area contributed by atoms with Crippen molar-refractivity contribution in [2.75, 3.05) is 6.54 Å². The first kappa shape index (κ1) is 20.9. The third-order valence-corrected chi connectivity index (χ3v) is 6.45. The van der Waals surface area contributed by atoms with Crippen LogP contribution in [0.3, 0.4) is 0 Å². The number of nitrogens with zero attached hydrogens (tertiary/aromatic N) is 2. The highest BCUT2D eigenvalue weighted by Gasteiger charge is 2.29. The van der Waals surface area contributed by atoms with Crippen LogP contribution >= 0.6 is 11.6 Å². The topological polar surface area (TPSA) is 77.1 Å². The van der Waals surface area contributed by atoms with Crippen LogP contribution in [-0.2, 0) is 4.79 Å². The number of amides is 1. The first-order valence-corrected chi connectivity index (χ1v) is 10.9. The number of rotatable bonds is 3. The molecule has 1 aliphatic rings. The summed E-state index contributed by atoms with van der Waals surface area (Å²) in [6, 6.07) is 5.65. The molecule has 7 heteroatoms. The number of carbonyl (C=O) groups is 1. The highest BCUT2D eigenvalue weighted by molar-refractivity contribution is 6.37. The van der Waals surface area contributed by atoms with Crippen LogP contribution in [0.5, 0.6) is 0 Å². The number of aryl methyl sites for hydroxylation is 1. The summed E-state index contributed by atoms with van der Waals surface area (Å²) in [6.07, 6.45) is 3.81. The minimum Gasteiger partial charge on any atom is -0.360 e. The molecule has 0 radical (unpaired) electrons. The molecule has 160 valence electrons. The zero-order valence-corrected chi connectivity index (χ0v) is 18.7. The van der Waals surface area contributed by atoms with Crippen molar-refractivity contribution in [3.8, 4) is 0 Å². The monoisotopic (exact) mass is 429 g/mol. The van der Waals surface area contributed by atoms with E-state index in [2.05, 4.69) is 10.5 Å². The Morgan fingerprint density at radius 1 is 1.30 bits per heavy atom. The molecule has 4 rings (SSSR count). The Hall–Kier alpha value is -2.34. The van der Waals surface area contributed by atoms with Crippen LogP contribution in [0, 0.1) is 18.3 Å².